The Morgan fingerprint density at radius 2 is 2.36 bits per heavy atom. The maximum atomic E-state index is 10.5. The first-order valence-electron chi connectivity index (χ1n) is 2.95. The van der Waals surface area contributed by atoms with Crippen LogP contribution in [0.3, 0.4) is 0 Å². The molecule has 1 heterocycles. The molecule has 1 aromatic heterocycles. The van der Waals surface area contributed by atoms with E-state index in [2.05, 4.69) is 4.98 Å². The SMILES string of the molecule is NC(=O)c1cc(C=O)ccn1. The Hall–Kier alpha value is -1.71. The van der Waals surface area contributed by atoms with Crippen molar-refractivity contribution in [3.63, 3.8) is 0 Å². The van der Waals surface area contributed by atoms with Gasteiger partial charge in [0.1, 0.15) is 12.0 Å². The van der Waals surface area contributed by atoms with E-state index in [-0.39, 0.29) is 5.69 Å². The predicted octanol–water partition coefficient (Wildman–Crippen LogP) is -0.00700. The summed E-state index contributed by atoms with van der Waals surface area (Å²) in [6, 6.07) is 2.84. The van der Waals surface area contributed by atoms with Gasteiger partial charge in [0.05, 0.1) is 0 Å². The lowest BCUT2D eigenvalue weighted by atomic mass is 10.2. The quantitative estimate of drug-likeness (QED) is 0.602. The number of hydrogen-bond acceptors (Lipinski definition) is 3. The second-order valence-electron chi connectivity index (χ2n) is 1.96. The van der Waals surface area contributed by atoms with Crippen LogP contribution in [0.1, 0.15) is 20.8 Å². The van der Waals surface area contributed by atoms with Crippen LogP contribution in [-0.2, 0) is 0 Å². The number of nitrogens with zero attached hydrogens (tertiary/aromatic N) is 1. The summed E-state index contributed by atoms with van der Waals surface area (Å²) in [5.41, 5.74) is 5.42. The fourth-order valence-corrected chi connectivity index (χ4v) is 0.655. The number of hydrogen-bond donors (Lipinski definition) is 1. The predicted molar refractivity (Wildman–Crippen MR) is 38.1 cm³/mol. The van der Waals surface area contributed by atoms with Crippen LogP contribution in [0.15, 0.2) is 18.3 Å². The fourth-order valence-electron chi connectivity index (χ4n) is 0.655. The third-order valence-electron chi connectivity index (χ3n) is 1.17. The molecule has 4 heteroatoms. The summed E-state index contributed by atoms with van der Waals surface area (Å²) in [5, 5.41) is 0. The number of aldehydes is 1. The molecule has 1 aromatic rings. The molecular formula is C7H6N2O2. The monoisotopic (exact) mass is 150 g/mol. The van der Waals surface area contributed by atoms with Gasteiger partial charge in [-0.1, -0.05) is 0 Å². The van der Waals surface area contributed by atoms with Crippen molar-refractivity contribution in [3.8, 4) is 0 Å². The van der Waals surface area contributed by atoms with Crippen molar-refractivity contribution in [3.05, 3.63) is 29.6 Å². The zero-order valence-electron chi connectivity index (χ0n) is 5.65. The largest absolute Gasteiger partial charge is 0.364 e. The second kappa shape index (κ2) is 2.92. The van der Waals surface area contributed by atoms with Crippen LogP contribution in [0.2, 0.25) is 0 Å². The molecule has 0 atom stereocenters. The van der Waals surface area contributed by atoms with Gasteiger partial charge in [-0.2, -0.15) is 0 Å². The average molecular weight is 150 g/mol. The number of pyridine rings is 1. The highest BCUT2D eigenvalue weighted by Gasteiger charge is 2.00. The molecular weight excluding hydrogens is 144 g/mol. The third-order valence-corrected chi connectivity index (χ3v) is 1.17. The summed E-state index contributed by atoms with van der Waals surface area (Å²) in [6.45, 7) is 0. The molecule has 0 aliphatic rings. The van der Waals surface area contributed by atoms with Gasteiger partial charge in [-0.15, -0.1) is 0 Å². The molecule has 0 saturated carbocycles. The Morgan fingerprint density at radius 1 is 1.64 bits per heavy atom. The molecule has 0 spiro atoms. The van der Waals surface area contributed by atoms with Crippen molar-refractivity contribution < 1.29 is 9.59 Å². The minimum Gasteiger partial charge on any atom is -0.364 e. The molecule has 56 valence electrons. The second-order valence-corrected chi connectivity index (χ2v) is 1.96. The number of rotatable bonds is 2. The number of aromatic nitrogens is 1. The van der Waals surface area contributed by atoms with Gasteiger partial charge in [-0.05, 0) is 12.1 Å². The first-order valence-corrected chi connectivity index (χ1v) is 2.95. The molecule has 2 N–H and O–H groups in total. The summed E-state index contributed by atoms with van der Waals surface area (Å²) >= 11 is 0. The smallest absolute Gasteiger partial charge is 0.267 e. The topological polar surface area (TPSA) is 73.1 Å². The Bertz CT molecular complexity index is 296. The average Bonchev–Trinajstić information content (AvgIpc) is 2.05. The van der Waals surface area contributed by atoms with Gasteiger partial charge in [0.15, 0.2) is 0 Å². The van der Waals surface area contributed by atoms with E-state index in [9.17, 15) is 9.59 Å². The summed E-state index contributed by atoms with van der Waals surface area (Å²) in [6.07, 6.45) is 2.00. The molecule has 0 bridgehead atoms. The summed E-state index contributed by atoms with van der Waals surface area (Å²) in [4.78, 5) is 24.4. The Kier molecular flexibility index (Phi) is 1.96. The van der Waals surface area contributed by atoms with Crippen LogP contribution in [0.5, 0.6) is 0 Å². The van der Waals surface area contributed by atoms with E-state index in [4.69, 9.17) is 5.73 Å². The van der Waals surface area contributed by atoms with Crippen LogP contribution >= 0.6 is 0 Å². The van der Waals surface area contributed by atoms with Crippen molar-refractivity contribution in [1.29, 1.82) is 0 Å². The van der Waals surface area contributed by atoms with E-state index in [0.29, 0.717) is 11.8 Å². The molecule has 0 fully saturated rings. The molecule has 0 aromatic carbocycles. The van der Waals surface area contributed by atoms with Crippen LogP contribution in [0.4, 0.5) is 0 Å². The summed E-state index contributed by atoms with van der Waals surface area (Å²) in [7, 11) is 0. The molecule has 0 radical (unpaired) electrons. The minimum absolute atomic E-state index is 0.106. The highest BCUT2D eigenvalue weighted by atomic mass is 16.1. The number of nitrogens with two attached hydrogens (primary N) is 1. The van der Waals surface area contributed by atoms with Crippen LogP contribution < -0.4 is 5.73 Å². The van der Waals surface area contributed by atoms with Gasteiger partial charge in [0.2, 0.25) is 0 Å². The zero-order chi connectivity index (χ0) is 8.27. The van der Waals surface area contributed by atoms with Crippen LogP contribution in [-0.4, -0.2) is 17.2 Å². The van der Waals surface area contributed by atoms with Gasteiger partial charge < -0.3 is 5.73 Å². The molecule has 11 heavy (non-hydrogen) atoms. The highest BCUT2D eigenvalue weighted by Crippen LogP contribution is 1.97. The number of carbonyl (C=O) groups excluding carboxylic acids is 2. The molecule has 1 rings (SSSR count). The zero-order valence-corrected chi connectivity index (χ0v) is 5.65. The Labute approximate surface area is 63.0 Å². The van der Waals surface area contributed by atoms with E-state index in [1.54, 1.807) is 0 Å². The van der Waals surface area contributed by atoms with Crippen molar-refractivity contribution in [2.45, 2.75) is 0 Å². The summed E-state index contributed by atoms with van der Waals surface area (Å²) < 4.78 is 0. The lowest BCUT2D eigenvalue weighted by Gasteiger charge is -1.93. The van der Waals surface area contributed by atoms with Crippen LogP contribution in [0.25, 0.3) is 0 Å². The van der Waals surface area contributed by atoms with Crippen molar-refractivity contribution in [2.75, 3.05) is 0 Å². The standard InChI is InChI=1S/C7H6N2O2/c8-7(11)6-3-5(4-10)1-2-9-6/h1-4H,(H2,8,11). The highest BCUT2D eigenvalue weighted by molar-refractivity contribution is 5.92. The summed E-state index contributed by atoms with van der Waals surface area (Å²) in [5.74, 6) is -0.631. The van der Waals surface area contributed by atoms with Gasteiger partial charge >= 0.3 is 0 Å². The van der Waals surface area contributed by atoms with E-state index in [1.807, 2.05) is 0 Å². The molecule has 0 aliphatic heterocycles. The molecule has 0 unspecified atom stereocenters. The number of carbonyl (C=O) groups is 2. The van der Waals surface area contributed by atoms with Crippen molar-refractivity contribution in [1.82, 2.24) is 4.98 Å². The normalized spacial score (nSPS) is 9.09. The van der Waals surface area contributed by atoms with E-state index in [0.717, 1.165) is 0 Å². The maximum Gasteiger partial charge on any atom is 0.267 e. The van der Waals surface area contributed by atoms with Crippen LogP contribution in [0, 0.1) is 0 Å². The van der Waals surface area contributed by atoms with Gasteiger partial charge in [-0.25, -0.2) is 0 Å². The van der Waals surface area contributed by atoms with Gasteiger partial charge in [0.25, 0.3) is 5.91 Å². The maximum absolute atomic E-state index is 10.5. The Morgan fingerprint density at radius 3 is 2.91 bits per heavy atom. The van der Waals surface area contributed by atoms with Crippen molar-refractivity contribution in [2.24, 2.45) is 5.73 Å². The minimum atomic E-state index is -0.631. The first kappa shape index (κ1) is 7.40. The van der Waals surface area contributed by atoms with E-state index < -0.39 is 5.91 Å². The molecule has 1 amide bonds. The van der Waals surface area contributed by atoms with E-state index >= 15 is 0 Å². The Balaban J connectivity index is 3.10. The van der Waals surface area contributed by atoms with E-state index in [1.165, 1.54) is 18.3 Å². The number of primary amides is 1. The lowest BCUT2D eigenvalue weighted by Crippen LogP contribution is -2.12. The third kappa shape index (κ3) is 1.61. The first-order chi connectivity index (χ1) is 5.24. The van der Waals surface area contributed by atoms with Crippen molar-refractivity contribution >= 4 is 12.2 Å². The van der Waals surface area contributed by atoms with Gasteiger partial charge in [-0.3, -0.25) is 14.6 Å². The lowest BCUT2D eigenvalue weighted by molar-refractivity contribution is 0.0995. The van der Waals surface area contributed by atoms with Gasteiger partial charge in [0, 0.05) is 11.8 Å². The molecule has 4 nitrogen and oxygen atoms in total. The molecule has 0 saturated heterocycles. The fraction of sp³-hybridized carbons (Fsp3) is 0. The molecule has 0 aliphatic carbocycles. The number of amides is 1.